The summed E-state index contributed by atoms with van der Waals surface area (Å²) in [6.07, 6.45) is 8.92. The summed E-state index contributed by atoms with van der Waals surface area (Å²) in [5.41, 5.74) is 5.81. The molecule has 68 valence electrons. The first kappa shape index (κ1) is 8.31. The molecule has 0 amide bonds. The number of hydrogen-bond donors (Lipinski definition) is 1. The molecule has 4 atom stereocenters. The van der Waals surface area contributed by atoms with Gasteiger partial charge in [-0.3, -0.25) is 0 Å². The van der Waals surface area contributed by atoms with Crippen LogP contribution in [-0.2, 0) is 0 Å². The van der Waals surface area contributed by atoms with Crippen LogP contribution in [-0.4, -0.2) is 6.54 Å². The van der Waals surface area contributed by atoms with E-state index in [1.807, 2.05) is 0 Å². The molecule has 0 heterocycles. The second-order valence-electron chi connectivity index (χ2n) is 4.30. The van der Waals surface area contributed by atoms with Crippen LogP contribution in [0.15, 0.2) is 12.2 Å². The molecule has 0 aromatic carbocycles. The monoisotopic (exact) mass is 165 g/mol. The molecule has 12 heavy (non-hydrogen) atoms. The van der Waals surface area contributed by atoms with E-state index in [4.69, 9.17) is 5.73 Å². The van der Waals surface area contributed by atoms with Gasteiger partial charge in [0.15, 0.2) is 0 Å². The number of hydrogen-bond acceptors (Lipinski definition) is 1. The van der Waals surface area contributed by atoms with Crippen LogP contribution < -0.4 is 5.73 Å². The summed E-state index contributed by atoms with van der Waals surface area (Å²) in [7, 11) is 0. The zero-order valence-electron chi connectivity index (χ0n) is 7.87. The van der Waals surface area contributed by atoms with Crippen molar-refractivity contribution in [2.75, 3.05) is 6.54 Å². The van der Waals surface area contributed by atoms with E-state index >= 15 is 0 Å². The maximum Gasteiger partial charge on any atom is -0.00404 e. The quantitative estimate of drug-likeness (QED) is 0.637. The first-order valence-corrected chi connectivity index (χ1v) is 5.25. The minimum Gasteiger partial charge on any atom is -0.330 e. The molecule has 2 bridgehead atoms. The highest BCUT2D eigenvalue weighted by Crippen LogP contribution is 2.49. The molecule has 0 radical (unpaired) electrons. The van der Waals surface area contributed by atoms with E-state index in [2.05, 4.69) is 19.1 Å². The maximum atomic E-state index is 5.81. The smallest absolute Gasteiger partial charge is 0.00404 e. The van der Waals surface area contributed by atoms with Crippen LogP contribution in [0.25, 0.3) is 0 Å². The minimum atomic E-state index is 0.806. The van der Waals surface area contributed by atoms with Gasteiger partial charge in [-0.25, -0.2) is 0 Å². The molecular formula is C11H19N. The first-order chi connectivity index (χ1) is 5.86. The van der Waals surface area contributed by atoms with Crippen molar-refractivity contribution in [3.05, 3.63) is 12.2 Å². The highest BCUT2D eigenvalue weighted by molar-refractivity contribution is 5.13. The van der Waals surface area contributed by atoms with Crippen LogP contribution in [0.1, 0.15) is 26.2 Å². The topological polar surface area (TPSA) is 26.0 Å². The van der Waals surface area contributed by atoms with E-state index in [1.54, 1.807) is 0 Å². The molecule has 1 fully saturated rings. The van der Waals surface area contributed by atoms with E-state index in [1.165, 1.54) is 19.3 Å². The third kappa shape index (κ3) is 1.11. The van der Waals surface area contributed by atoms with Gasteiger partial charge >= 0.3 is 0 Å². The SMILES string of the molecule is CCCC1C2C=CC(C2)C1CN. The summed E-state index contributed by atoms with van der Waals surface area (Å²) < 4.78 is 0. The Morgan fingerprint density at radius 3 is 2.50 bits per heavy atom. The van der Waals surface area contributed by atoms with Gasteiger partial charge in [0.2, 0.25) is 0 Å². The average molecular weight is 165 g/mol. The highest BCUT2D eigenvalue weighted by atomic mass is 14.6. The van der Waals surface area contributed by atoms with Crippen molar-refractivity contribution < 1.29 is 0 Å². The lowest BCUT2D eigenvalue weighted by atomic mass is 9.80. The van der Waals surface area contributed by atoms with Gasteiger partial charge in [-0.15, -0.1) is 0 Å². The Morgan fingerprint density at radius 1 is 1.25 bits per heavy atom. The summed E-state index contributed by atoms with van der Waals surface area (Å²) in [4.78, 5) is 0. The Morgan fingerprint density at radius 2 is 1.92 bits per heavy atom. The molecule has 2 aliphatic rings. The molecule has 0 saturated heterocycles. The molecule has 0 aromatic heterocycles. The van der Waals surface area contributed by atoms with Gasteiger partial charge < -0.3 is 5.73 Å². The largest absolute Gasteiger partial charge is 0.330 e. The van der Waals surface area contributed by atoms with E-state index in [-0.39, 0.29) is 0 Å². The van der Waals surface area contributed by atoms with Gasteiger partial charge in [0, 0.05) is 0 Å². The van der Waals surface area contributed by atoms with E-state index < -0.39 is 0 Å². The molecule has 1 nitrogen and oxygen atoms in total. The second kappa shape index (κ2) is 3.21. The normalized spacial score (nSPS) is 44.2. The molecule has 2 rings (SSSR count). The van der Waals surface area contributed by atoms with Crippen LogP contribution in [0.3, 0.4) is 0 Å². The van der Waals surface area contributed by atoms with Crippen LogP contribution in [0.2, 0.25) is 0 Å². The Hall–Kier alpha value is -0.300. The molecule has 1 saturated carbocycles. The summed E-state index contributed by atoms with van der Waals surface area (Å²) >= 11 is 0. The second-order valence-corrected chi connectivity index (χ2v) is 4.30. The molecular weight excluding hydrogens is 146 g/mol. The molecule has 0 spiro atoms. The maximum absolute atomic E-state index is 5.81. The zero-order chi connectivity index (χ0) is 8.55. The van der Waals surface area contributed by atoms with E-state index in [0.717, 1.165) is 30.2 Å². The van der Waals surface area contributed by atoms with Crippen molar-refractivity contribution in [1.82, 2.24) is 0 Å². The number of fused-ring (bicyclic) bond motifs is 2. The van der Waals surface area contributed by atoms with E-state index in [0.29, 0.717) is 0 Å². The molecule has 1 heteroatoms. The highest BCUT2D eigenvalue weighted by Gasteiger charge is 2.42. The third-order valence-corrected chi connectivity index (χ3v) is 3.69. The van der Waals surface area contributed by atoms with Crippen molar-refractivity contribution in [3.63, 3.8) is 0 Å². The summed E-state index contributed by atoms with van der Waals surface area (Å²) in [6, 6.07) is 0. The van der Waals surface area contributed by atoms with Gasteiger partial charge in [0.05, 0.1) is 0 Å². The Balaban J connectivity index is 2.07. The average Bonchev–Trinajstić information content (AvgIpc) is 2.64. The molecule has 0 aromatic rings. The predicted molar refractivity (Wildman–Crippen MR) is 51.7 cm³/mol. The molecule has 0 aliphatic heterocycles. The Labute approximate surface area is 75.0 Å². The van der Waals surface area contributed by atoms with Crippen LogP contribution in [0.5, 0.6) is 0 Å². The molecule has 2 aliphatic carbocycles. The van der Waals surface area contributed by atoms with Crippen molar-refractivity contribution in [2.24, 2.45) is 29.4 Å². The first-order valence-electron chi connectivity index (χ1n) is 5.25. The van der Waals surface area contributed by atoms with E-state index in [9.17, 15) is 0 Å². The predicted octanol–water partition coefficient (Wildman–Crippen LogP) is 2.18. The van der Waals surface area contributed by atoms with Gasteiger partial charge in [-0.1, -0.05) is 25.5 Å². The summed E-state index contributed by atoms with van der Waals surface area (Å²) in [5, 5.41) is 0. The van der Waals surface area contributed by atoms with Crippen LogP contribution in [0, 0.1) is 23.7 Å². The standard InChI is InChI=1S/C11H19N/c1-2-3-10-8-4-5-9(6-8)11(10)7-12/h4-5,8-11H,2-3,6-7,12H2,1H3. The van der Waals surface area contributed by atoms with Gasteiger partial charge in [0.1, 0.15) is 0 Å². The minimum absolute atomic E-state index is 0.806. The van der Waals surface area contributed by atoms with Crippen molar-refractivity contribution in [1.29, 1.82) is 0 Å². The lowest BCUT2D eigenvalue weighted by Crippen LogP contribution is -2.26. The summed E-state index contributed by atoms with van der Waals surface area (Å²) in [6.45, 7) is 3.18. The number of nitrogens with two attached hydrogens (primary N) is 1. The number of allylic oxidation sites excluding steroid dienone is 2. The van der Waals surface area contributed by atoms with Gasteiger partial charge in [-0.2, -0.15) is 0 Å². The zero-order valence-corrected chi connectivity index (χ0v) is 7.87. The Kier molecular flexibility index (Phi) is 2.22. The lowest BCUT2D eigenvalue weighted by molar-refractivity contribution is 0.296. The fraction of sp³-hybridized carbons (Fsp3) is 0.818. The summed E-state index contributed by atoms with van der Waals surface area (Å²) in [5.74, 6) is 3.43. The van der Waals surface area contributed by atoms with Crippen molar-refractivity contribution in [3.8, 4) is 0 Å². The molecule has 4 unspecified atom stereocenters. The van der Waals surface area contributed by atoms with Crippen LogP contribution >= 0.6 is 0 Å². The van der Waals surface area contributed by atoms with Crippen molar-refractivity contribution in [2.45, 2.75) is 26.2 Å². The fourth-order valence-electron chi connectivity index (χ4n) is 3.14. The molecule has 2 N–H and O–H groups in total. The van der Waals surface area contributed by atoms with Gasteiger partial charge in [0.25, 0.3) is 0 Å². The van der Waals surface area contributed by atoms with Crippen molar-refractivity contribution >= 4 is 0 Å². The van der Waals surface area contributed by atoms with Gasteiger partial charge in [-0.05, 0) is 43.1 Å². The number of rotatable bonds is 3. The van der Waals surface area contributed by atoms with Crippen LogP contribution in [0.4, 0.5) is 0 Å². The Bertz CT molecular complexity index is 185. The third-order valence-electron chi connectivity index (χ3n) is 3.69. The fourth-order valence-corrected chi connectivity index (χ4v) is 3.14. The lowest BCUT2D eigenvalue weighted by Gasteiger charge is -2.26.